The number of hydrogen-bond donors (Lipinski definition) is 0. The highest BCUT2D eigenvalue weighted by molar-refractivity contribution is 7.16. The third-order valence-corrected chi connectivity index (χ3v) is 5.39. The second-order valence-corrected chi connectivity index (χ2v) is 7.11. The van der Waals surface area contributed by atoms with Crippen LogP contribution in [0.1, 0.15) is 10.4 Å². The normalized spacial score (nSPS) is 13.9. The second kappa shape index (κ2) is 6.66. The van der Waals surface area contributed by atoms with Crippen LogP contribution in [0.15, 0.2) is 35.3 Å². The Morgan fingerprint density at radius 1 is 1.23 bits per heavy atom. The number of fused-ring (bicyclic) bond motifs is 2. The van der Waals surface area contributed by atoms with Crippen molar-refractivity contribution < 1.29 is 19.0 Å². The Hall–Kier alpha value is -2.51. The van der Waals surface area contributed by atoms with Gasteiger partial charge in [-0.05, 0) is 18.2 Å². The number of methoxy groups -OCH3 is 1. The van der Waals surface area contributed by atoms with E-state index in [9.17, 15) is 4.79 Å². The highest BCUT2D eigenvalue weighted by Crippen LogP contribution is 2.35. The van der Waals surface area contributed by atoms with Gasteiger partial charge >= 0.3 is 0 Å². The van der Waals surface area contributed by atoms with E-state index in [0.29, 0.717) is 45.8 Å². The van der Waals surface area contributed by atoms with Gasteiger partial charge in [-0.2, -0.15) is 4.99 Å². The second-order valence-electron chi connectivity index (χ2n) is 5.67. The minimum Gasteiger partial charge on any atom is -0.496 e. The fourth-order valence-corrected chi connectivity index (χ4v) is 3.96. The van der Waals surface area contributed by atoms with Crippen LogP contribution in [0.5, 0.6) is 17.2 Å². The SMILES string of the molecule is COc1ccc(Cl)cc1C(=O)N=c1sc2cc3c(cc2n1C)OCCO3. The van der Waals surface area contributed by atoms with Crippen molar-refractivity contribution >= 4 is 39.1 Å². The molecule has 6 nitrogen and oxygen atoms in total. The summed E-state index contributed by atoms with van der Waals surface area (Å²) in [5.41, 5.74) is 1.24. The van der Waals surface area contributed by atoms with Crippen LogP contribution < -0.4 is 19.0 Å². The summed E-state index contributed by atoms with van der Waals surface area (Å²) in [4.78, 5) is 17.5. The van der Waals surface area contributed by atoms with Crippen LogP contribution >= 0.6 is 22.9 Å². The van der Waals surface area contributed by atoms with Crippen LogP contribution in [0, 0.1) is 0 Å². The topological polar surface area (TPSA) is 62.0 Å². The zero-order valence-electron chi connectivity index (χ0n) is 14.1. The summed E-state index contributed by atoms with van der Waals surface area (Å²) in [6.45, 7) is 1.05. The fourth-order valence-electron chi connectivity index (χ4n) is 2.77. The van der Waals surface area contributed by atoms with Gasteiger partial charge in [-0.25, -0.2) is 0 Å². The Balaban J connectivity index is 1.82. The van der Waals surface area contributed by atoms with Gasteiger partial charge in [0.1, 0.15) is 19.0 Å². The molecule has 0 saturated heterocycles. The first kappa shape index (κ1) is 16.9. The molecule has 26 heavy (non-hydrogen) atoms. The molecule has 0 N–H and O–H groups in total. The maximum atomic E-state index is 12.7. The van der Waals surface area contributed by atoms with E-state index >= 15 is 0 Å². The number of nitrogens with zero attached hydrogens (tertiary/aromatic N) is 2. The van der Waals surface area contributed by atoms with Crippen LogP contribution in [0.4, 0.5) is 0 Å². The number of ether oxygens (including phenoxy) is 3. The number of thiazole rings is 1. The number of amides is 1. The van der Waals surface area contributed by atoms with Crippen molar-refractivity contribution in [3.05, 3.63) is 45.7 Å². The minimum atomic E-state index is -0.413. The van der Waals surface area contributed by atoms with Crippen molar-refractivity contribution in [1.29, 1.82) is 0 Å². The Labute approximate surface area is 158 Å². The average molecular weight is 391 g/mol. The fraction of sp³-hybridized carbons (Fsp3) is 0.222. The summed E-state index contributed by atoms with van der Waals surface area (Å²) in [6, 6.07) is 8.70. The lowest BCUT2D eigenvalue weighted by Crippen LogP contribution is -2.16. The summed E-state index contributed by atoms with van der Waals surface area (Å²) in [7, 11) is 3.36. The molecule has 0 saturated carbocycles. The van der Waals surface area contributed by atoms with Crippen LogP contribution in [0.25, 0.3) is 10.2 Å². The van der Waals surface area contributed by atoms with E-state index in [4.69, 9.17) is 25.8 Å². The zero-order valence-corrected chi connectivity index (χ0v) is 15.7. The molecule has 2 heterocycles. The summed E-state index contributed by atoms with van der Waals surface area (Å²) in [5.74, 6) is 1.43. The monoisotopic (exact) mass is 390 g/mol. The smallest absolute Gasteiger partial charge is 0.283 e. The summed E-state index contributed by atoms with van der Waals surface area (Å²) >= 11 is 7.41. The highest BCUT2D eigenvalue weighted by atomic mass is 35.5. The molecule has 0 aliphatic carbocycles. The number of halogens is 1. The van der Waals surface area contributed by atoms with Crippen molar-refractivity contribution in [2.75, 3.05) is 20.3 Å². The van der Waals surface area contributed by atoms with Crippen molar-refractivity contribution in [3.63, 3.8) is 0 Å². The predicted octanol–water partition coefficient (Wildman–Crippen LogP) is 3.41. The summed E-state index contributed by atoms with van der Waals surface area (Å²) < 4.78 is 19.3. The quantitative estimate of drug-likeness (QED) is 0.672. The summed E-state index contributed by atoms with van der Waals surface area (Å²) in [6.07, 6.45) is 0. The standard InChI is InChI=1S/C18H15ClN2O4S/c1-21-12-8-14-15(25-6-5-24-14)9-16(12)26-18(21)20-17(22)11-7-10(19)3-4-13(11)23-2/h3-4,7-9H,5-6H2,1-2H3. The number of aryl methyl sites for hydroxylation is 1. The van der Waals surface area contributed by atoms with Gasteiger partial charge in [-0.3, -0.25) is 4.79 Å². The third-order valence-electron chi connectivity index (χ3n) is 4.06. The third kappa shape index (κ3) is 2.93. The van der Waals surface area contributed by atoms with Gasteiger partial charge in [0.2, 0.25) is 0 Å². The number of benzene rings is 2. The summed E-state index contributed by atoms with van der Waals surface area (Å²) in [5, 5.41) is 0.451. The molecule has 1 aliphatic heterocycles. The van der Waals surface area contributed by atoms with Gasteiger partial charge in [0.25, 0.3) is 5.91 Å². The molecule has 3 aromatic rings. The largest absolute Gasteiger partial charge is 0.496 e. The molecule has 4 rings (SSSR count). The molecule has 1 amide bonds. The van der Waals surface area contributed by atoms with Crippen LogP contribution in [-0.2, 0) is 7.05 Å². The molecule has 0 fully saturated rings. The first-order chi connectivity index (χ1) is 12.6. The molecule has 1 aromatic heterocycles. The number of aromatic nitrogens is 1. The van der Waals surface area contributed by atoms with Gasteiger partial charge in [0, 0.05) is 24.2 Å². The maximum Gasteiger partial charge on any atom is 0.283 e. The molecular formula is C18H15ClN2O4S. The Morgan fingerprint density at radius 2 is 1.96 bits per heavy atom. The van der Waals surface area contributed by atoms with Crippen molar-refractivity contribution in [1.82, 2.24) is 4.57 Å². The Morgan fingerprint density at radius 3 is 2.69 bits per heavy atom. The molecular weight excluding hydrogens is 376 g/mol. The van der Waals surface area contributed by atoms with Crippen molar-refractivity contribution in [2.45, 2.75) is 0 Å². The number of carbonyl (C=O) groups excluding carboxylic acids is 1. The number of hydrogen-bond acceptors (Lipinski definition) is 5. The van der Waals surface area contributed by atoms with Gasteiger partial charge in [0.15, 0.2) is 16.3 Å². The van der Waals surface area contributed by atoms with E-state index in [-0.39, 0.29) is 0 Å². The molecule has 0 unspecified atom stereocenters. The Bertz CT molecular complexity index is 1090. The van der Waals surface area contributed by atoms with E-state index in [2.05, 4.69) is 4.99 Å². The van der Waals surface area contributed by atoms with E-state index in [1.807, 2.05) is 23.7 Å². The zero-order chi connectivity index (χ0) is 18.3. The lowest BCUT2D eigenvalue weighted by molar-refractivity contribution is 0.0995. The van der Waals surface area contributed by atoms with Gasteiger partial charge in [-0.1, -0.05) is 22.9 Å². The van der Waals surface area contributed by atoms with Gasteiger partial charge < -0.3 is 18.8 Å². The lowest BCUT2D eigenvalue weighted by atomic mass is 10.2. The van der Waals surface area contributed by atoms with Crippen LogP contribution in [0.2, 0.25) is 5.02 Å². The van der Waals surface area contributed by atoms with E-state index in [1.165, 1.54) is 18.4 Å². The lowest BCUT2D eigenvalue weighted by Gasteiger charge is -2.18. The number of rotatable bonds is 2. The minimum absolute atomic E-state index is 0.323. The molecule has 8 heteroatoms. The first-order valence-corrected chi connectivity index (χ1v) is 9.08. The highest BCUT2D eigenvalue weighted by Gasteiger charge is 2.17. The molecule has 134 valence electrons. The maximum absolute atomic E-state index is 12.7. The first-order valence-electron chi connectivity index (χ1n) is 7.88. The Kier molecular flexibility index (Phi) is 4.34. The van der Waals surface area contributed by atoms with E-state index < -0.39 is 5.91 Å². The molecule has 2 aromatic carbocycles. The molecule has 0 bridgehead atoms. The molecule has 0 radical (unpaired) electrons. The van der Waals surface area contributed by atoms with E-state index in [1.54, 1.807) is 18.2 Å². The average Bonchev–Trinajstić information content (AvgIpc) is 2.94. The molecule has 0 spiro atoms. The molecule has 1 aliphatic rings. The predicted molar refractivity (Wildman–Crippen MR) is 99.7 cm³/mol. The van der Waals surface area contributed by atoms with Crippen molar-refractivity contribution in [2.24, 2.45) is 12.0 Å². The van der Waals surface area contributed by atoms with Crippen molar-refractivity contribution in [3.8, 4) is 17.2 Å². The van der Waals surface area contributed by atoms with Gasteiger partial charge in [0.05, 0.1) is 22.9 Å². The van der Waals surface area contributed by atoms with Crippen LogP contribution in [-0.4, -0.2) is 30.8 Å². The molecule has 0 atom stereocenters. The van der Waals surface area contributed by atoms with Gasteiger partial charge in [-0.15, -0.1) is 0 Å². The van der Waals surface area contributed by atoms with Crippen LogP contribution in [0.3, 0.4) is 0 Å². The number of carbonyl (C=O) groups is 1. The van der Waals surface area contributed by atoms with E-state index in [0.717, 1.165) is 10.2 Å².